The zero-order valence-electron chi connectivity index (χ0n) is 12.7. The van der Waals surface area contributed by atoms with Crippen LogP contribution in [0.2, 0.25) is 0 Å². The number of likely N-dealkylation sites (tertiary alicyclic amines) is 1. The van der Waals surface area contributed by atoms with Crippen LogP contribution < -0.4 is 0 Å². The van der Waals surface area contributed by atoms with Crippen LogP contribution in [-0.4, -0.2) is 23.0 Å². The minimum absolute atomic E-state index is 1.07. The number of nitrogens with zero attached hydrogens (tertiary/aromatic N) is 2. The van der Waals surface area contributed by atoms with Gasteiger partial charge in [-0.25, -0.2) is 0 Å². The van der Waals surface area contributed by atoms with Gasteiger partial charge in [0.25, 0.3) is 0 Å². The molecule has 2 aromatic rings. The lowest BCUT2D eigenvalue weighted by Gasteiger charge is -2.27. The highest BCUT2D eigenvalue weighted by molar-refractivity contribution is 5.86. The molecule has 1 saturated heterocycles. The van der Waals surface area contributed by atoms with Gasteiger partial charge in [-0.3, -0.25) is 9.88 Å². The van der Waals surface area contributed by atoms with Gasteiger partial charge in [-0.15, -0.1) is 0 Å². The van der Waals surface area contributed by atoms with Crippen molar-refractivity contribution in [3.8, 4) is 0 Å². The van der Waals surface area contributed by atoms with Gasteiger partial charge in [-0.2, -0.15) is 0 Å². The molecule has 0 aliphatic carbocycles. The fraction of sp³-hybridized carbons (Fsp3) is 0.500. The number of rotatable bonds is 3. The van der Waals surface area contributed by atoms with Crippen molar-refractivity contribution >= 4 is 10.9 Å². The first-order chi connectivity index (χ1) is 9.79. The Morgan fingerprint density at radius 3 is 2.75 bits per heavy atom. The molecule has 2 heteroatoms. The quantitative estimate of drug-likeness (QED) is 0.833. The normalized spacial score (nSPS) is 16.7. The molecule has 2 nitrogen and oxygen atoms in total. The van der Waals surface area contributed by atoms with E-state index in [1.807, 2.05) is 12.3 Å². The summed E-state index contributed by atoms with van der Waals surface area (Å²) in [5, 5.41) is 1.31. The number of benzene rings is 1. The minimum Gasteiger partial charge on any atom is -0.299 e. The van der Waals surface area contributed by atoms with Crippen molar-refractivity contribution in [3.05, 3.63) is 41.1 Å². The first-order valence-electron chi connectivity index (χ1n) is 7.88. The second kappa shape index (κ2) is 5.92. The summed E-state index contributed by atoms with van der Waals surface area (Å²) >= 11 is 0. The average molecular weight is 268 g/mol. The number of piperidine rings is 1. The van der Waals surface area contributed by atoms with E-state index in [0.717, 1.165) is 13.0 Å². The Hall–Kier alpha value is -1.41. The van der Waals surface area contributed by atoms with Crippen LogP contribution in [0.5, 0.6) is 0 Å². The predicted octanol–water partition coefficient (Wildman–Crippen LogP) is 4.09. The topological polar surface area (TPSA) is 16.1 Å². The third kappa shape index (κ3) is 2.57. The molecule has 0 N–H and O–H groups in total. The molecule has 0 spiro atoms. The number of hydrogen-bond donors (Lipinski definition) is 0. The lowest BCUT2D eigenvalue weighted by molar-refractivity contribution is 0.220. The van der Waals surface area contributed by atoms with Crippen LogP contribution in [0.4, 0.5) is 0 Å². The Morgan fingerprint density at radius 2 is 2.00 bits per heavy atom. The molecule has 0 amide bonds. The highest BCUT2D eigenvalue weighted by Gasteiger charge is 2.15. The van der Waals surface area contributed by atoms with Gasteiger partial charge in [0.15, 0.2) is 0 Å². The van der Waals surface area contributed by atoms with E-state index in [0.29, 0.717) is 0 Å². The van der Waals surface area contributed by atoms with Crippen molar-refractivity contribution in [1.29, 1.82) is 0 Å². The van der Waals surface area contributed by atoms with E-state index in [4.69, 9.17) is 0 Å². The van der Waals surface area contributed by atoms with Crippen LogP contribution >= 0.6 is 0 Å². The first-order valence-corrected chi connectivity index (χ1v) is 7.88. The third-order valence-electron chi connectivity index (χ3n) is 4.49. The summed E-state index contributed by atoms with van der Waals surface area (Å²) in [7, 11) is 0. The monoisotopic (exact) mass is 268 g/mol. The fourth-order valence-corrected chi connectivity index (χ4v) is 3.44. The van der Waals surface area contributed by atoms with Gasteiger partial charge in [0.2, 0.25) is 0 Å². The second-order valence-corrected chi connectivity index (χ2v) is 5.92. The van der Waals surface area contributed by atoms with E-state index in [9.17, 15) is 0 Å². The molecule has 1 aromatic heterocycles. The SMILES string of the molecule is CCc1c(CN2CCCCC2)cc(C)c2cccnc12. The van der Waals surface area contributed by atoms with Crippen molar-refractivity contribution < 1.29 is 0 Å². The average Bonchev–Trinajstić information content (AvgIpc) is 2.49. The lowest BCUT2D eigenvalue weighted by atomic mass is 9.96. The van der Waals surface area contributed by atoms with Gasteiger partial charge in [0.05, 0.1) is 5.52 Å². The first kappa shape index (κ1) is 13.6. The number of hydrogen-bond acceptors (Lipinski definition) is 2. The Bertz CT molecular complexity index is 598. The molecule has 2 heterocycles. The Morgan fingerprint density at radius 1 is 1.20 bits per heavy atom. The van der Waals surface area contributed by atoms with E-state index in [1.54, 1.807) is 0 Å². The molecule has 0 saturated carbocycles. The van der Waals surface area contributed by atoms with Gasteiger partial charge in [0, 0.05) is 18.1 Å². The van der Waals surface area contributed by atoms with E-state index in [2.05, 4.69) is 35.9 Å². The van der Waals surface area contributed by atoms with E-state index < -0.39 is 0 Å². The molecule has 106 valence electrons. The molecule has 20 heavy (non-hydrogen) atoms. The molecule has 0 atom stereocenters. The molecule has 0 radical (unpaired) electrons. The smallest absolute Gasteiger partial charge is 0.0739 e. The van der Waals surface area contributed by atoms with Crippen molar-refractivity contribution in [2.75, 3.05) is 13.1 Å². The highest BCUT2D eigenvalue weighted by atomic mass is 15.1. The molecule has 0 unspecified atom stereocenters. The molecule has 1 aliphatic rings. The Balaban J connectivity index is 2.01. The van der Waals surface area contributed by atoms with Gasteiger partial charge in [-0.05, 0) is 62.0 Å². The summed E-state index contributed by atoms with van der Waals surface area (Å²) in [5.74, 6) is 0. The third-order valence-corrected chi connectivity index (χ3v) is 4.49. The number of aromatic nitrogens is 1. The number of aryl methyl sites for hydroxylation is 2. The number of pyridine rings is 1. The predicted molar refractivity (Wildman–Crippen MR) is 85.0 cm³/mol. The van der Waals surface area contributed by atoms with Crippen LogP contribution in [0, 0.1) is 6.92 Å². The van der Waals surface area contributed by atoms with Crippen molar-refractivity contribution in [1.82, 2.24) is 9.88 Å². The second-order valence-electron chi connectivity index (χ2n) is 5.92. The van der Waals surface area contributed by atoms with Gasteiger partial charge in [-0.1, -0.05) is 25.5 Å². The summed E-state index contributed by atoms with van der Waals surface area (Å²) in [6.07, 6.45) is 7.09. The highest BCUT2D eigenvalue weighted by Crippen LogP contribution is 2.26. The van der Waals surface area contributed by atoms with E-state index >= 15 is 0 Å². The maximum Gasteiger partial charge on any atom is 0.0739 e. The summed E-state index contributed by atoms with van der Waals surface area (Å²) < 4.78 is 0. The van der Waals surface area contributed by atoms with Crippen LogP contribution in [0.25, 0.3) is 10.9 Å². The van der Waals surface area contributed by atoms with Crippen LogP contribution in [-0.2, 0) is 13.0 Å². The van der Waals surface area contributed by atoms with Crippen LogP contribution in [0.3, 0.4) is 0 Å². The molecule has 0 bridgehead atoms. The van der Waals surface area contributed by atoms with Gasteiger partial charge < -0.3 is 0 Å². The number of fused-ring (bicyclic) bond motifs is 1. The van der Waals surface area contributed by atoms with Crippen LogP contribution in [0.15, 0.2) is 24.4 Å². The van der Waals surface area contributed by atoms with E-state index in [1.165, 1.54) is 59.9 Å². The van der Waals surface area contributed by atoms with Crippen molar-refractivity contribution in [2.45, 2.75) is 46.1 Å². The molecule has 1 aromatic carbocycles. The molecular formula is C18H24N2. The summed E-state index contributed by atoms with van der Waals surface area (Å²) in [5.41, 5.74) is 5.49. The summed E-state index contributed by atoms with van der Waals surface area (Å²) in [6, 6.07) is 6.62. The zero-order valence-corrected chi connectivity index (χ0v) is 12.7. The zero-order chi connectivity index (χ0) is 13.9. The Labute approximate surface area is 121 Å². The Kier molecular flexibility index (Phi) is 4.02. The van der Waals surface area contributed by atoms with Gasteiger partial charge >= 0.3 is 0 Å². The van der Waals surface area contributed by atoms with Crippen molar-refractivity contribution in [3.63, 3.8) is 0 Å². The molecular weight excluding hydrogens is 244 g/mol. The molecule has 1 fully saturated rings. The lowest BCUT2D eigenvalue weighted by Crippen LogP contribution is -2.29. The molecule has 3 rings (SSSR count). The van der Waals surface area contributed by atoms with Gasteiger partial charge in [0.1, 0.15) is 0 Å². The van der Waals surface area contributed by atoms with E-state index in [-0.39, 0.29) is 0 Å². The maximum absolute atomic E-state index is 4.65. The standard InChI is InChI=1S/C18H24N2/c1-3-16-15(13-20-10-5-4-6-11-20)12-14(2)17-8-7-9-19-18(16)17/h7-9,12H,3-6,10-11,13H2,1-2H3. The minimum atomic E-state index is 1.07. The maximum atomic E-state index is 4.65. The van der Waals surface area contributed by atoms with Crippen molar-refractivity contribution in [2.24, 2.45) is 0 Å². The summed E-state index contributed by atoms with van der Waals surface area (Å²) in [6.45, 7) is 8.06. The largest absolute Gasteiger partial charge is 0.299 e. The summed E-state index contributed by atoms with van der Waals surface area (Å²) in [4.78, 5) is 7.25. The fourth-order valence-electron chi connectivity index (χ4n) is 3.44. The van der Waals surface area contributed by atoms with Crippen LogP contribution in [0.1, 0.15) is 42.9 Å². The molecule has 1 aliphatic heterocycles.